The highest BCUT2D eigenvalue weighted by atomic mass is 32.2. The van der Waals surface area contributed by atoms with E-state index in [0.717, 1.165) is 11.8 Å². The maximum atomic E-state index is 12.3. The second-order valence-electron chi connectivity index (χ2n) is 4.85. The second kappa shape index (κ2) is 7.15. The van der Waals surface area contributed by atoms with E-state index >= 15 is 0 Å². The first-order valence-electron chi connectivity index (χ1n) is 6.81. The summed E-state index contributed by atoms with van der Waals surface area (Å²) in [7, 11) is -1.93. The van der Waals surface area contributed by atoms with Crippen LogP contribution in [-0.4, -0.2) is 27.7 Å². The third-order valence-corrected chi connectivity index (χ3v) is 3.63. The van der Waals surface area contributed by atoms with Crippen LogP contribution in [0, 0.1) is 0 Å². The van der Waals surface area contributed by atoms with Gasteiger partial charge < -0.3 is 9.84 Å². The first kappa shape index (κ1) is 16.8. The molecule has 0 aliphatic rings. The summed E-state index contributed by atoms with van der Waals surface area (Å²) in [5, 5.41) is 12.3. The number of rotatable bonds is 6. The summed E-state index contributed by atoms with van der Waals surface area (Å²) in [5.74, 6) is 0.147. The number of nitrogens with one attached hydrogen (secondary N) is 1. The van der Waals surface area contributed by atoms with Crippen molar-refractivity contribution in [2.45, 2.75) is 6.54 Å². The summed E-state index contributed by atoms with van der Waals surface area (Å²) in [5.41, 5.74) is 1.19. The number of sulfonamides is 1. The van der Waals surface area contributed by atoms with Gasteiger partial charge in [0.25, 0.3) is 0 Å². The summed E-state index contributed by atoms with van der Waals surface area (Å²) in [6, 6.07) is 13.6. The monoisotopic (exact) mass is 333 g/mol. The summed E-state index contributed by atoms with van der Waals surface area (Å²) >= 11 is 0. The lowest BCUT2D eigenvalue weighted by Crippen LogP contribution is -2.22. The van der Waals surface area contributed by atoms with E-state index in [1.165, 1.54) is 12.1 Å². The van der Waals surface area contributed by atoms with Crippen LogP contribution in [0.3, 0.4) is 0 Å². The molecule has 0 saturated carbocycles. The number of benzene rings is 2. The maximum Gasteiger partial charge on any atom is 0.229 e. The Morgan fingerprint density at radius 2 is 1.83 bits per heavy atom. The Kier molecular flexibility index (Phi) is 5.23. The molecule has 6 nitrogen and oxygen atoms in total. The van der Waals surface area contributed by atoms with Gasteiger partial charge in [-0.3, -0.25) is 9.71 Å². The van der Waals surface area contributed by atoms with Gasteiger partial charge >= 0.3 is 0 Å². The molecule has 0 bridgehead atoms. The highest BCUT2D eigenvalue weighted by Gasteiger charge is 2.07. The van der Waals surface area contributed by atoms with E-state index in [9.17, 15) is 13.5 Å². The van der Waals surface area contributed by atoms with E-state index in [1.807, 2.05) is 18.2 Å². The van der Waals surface area contributed by atoms with Gasteiger partial charge in [0.2, 0.25) is 10.0 Å². The Bertz CT molecular complexity index is 816. The Labute approximate surface area is 135 Å². The van der Waals surface area contributed by atoms with E-state index in [0.29, 0.717) is 5.75 Å². The summed E-state index contributed by atoms with van der Waals surface area (Å²) in [4.78, 5) is 4.01. The van der Waals surface area contributed by atoms with Gasteiger partial charge in [-0.05, 0) is 18.0 Å². The zero-order valence-corrected chi connectivity index (χ0v) is 13.6. The molecular formula is C16H17N2O4S-. The number of nitrogens with zero attached hydrogens (tertiary/aromatic N) is 1. The fourth-order valence-electron chi connectivity index (χ4n) is 2.03. The lowest BCUT2D eigenvalue weighted by atomic mass is 10.1. The quantitative estimate of drug-likeness (QED) is 0.638. The first-order chi connectivity index (χ1) is 10.9. The van der Waals surface area contributed by atoms with Crippen molar-refractivity contribution in [3.63, 3.8) is 0 Å². The van der Waals surface area contributed by atoms with Gasteiger partial charge in [-0.15, -0.1) is 0 Å². The molecule has 122 valence electrons. The van der Waals surface area contributed by atoms with Crippen molar-refractivity contribution in [3.05, 3.63) is 59.7 Å². The van der Waals surface area contributed by atoms with Crippen molar-refractivity contribution in [2.24, 2.45) is 4.99 Å². The molecule has 0 aliphatic carbocycles. The van der Waals surface area contributed by atoms with Crippen molar-refractivity contribution in [3.8, 4) is 5.75 Å². The number of anilines is 1. The number of methoxy groups -OCH3 is 1. The molecular weight excluding hydrogens is 316 g/mol. The van der Waals surface area contributed by atoms with Crippen LogP contribution in [-0.2, 0) is 16.6 Å². The summed E-state index contributed by atoms with van der Waals surface area (Å²) in [6.45, 7) is 0.149. The van der Waals surface area contributed by atoms with Crippen LogP contribution < -0.4 is 14.6 Å². The average molecular weight is 333 g/mol. The van der Waals surface area contributed by atoms with Crippen LogP contribution in [0.5, 0.6) is 5.75 Å². The number of hydrogen-bond acceptors (Lipinski definition) is 5. The summed E-state index contributed by atoms with van der Waals surface area (Å²) < 4.78 is 30.3. The van der Waals surface area contributed by atoms with Crippen LogP contribution in [0.15, 0.2) is 53.5 Å². The predicted molar refractivity (Wildman–Crippen MR) is 88.1 cm³/mol. The van der Waals surface area contributed by atoms with Crippen LogP contribution in [0.1, 0.15) is 11.1 Å². The lowest BCUT2D eigenvalue weighted by molar-refractivity contribution is -0.213. The van der Waals surface area contributed by atoms with Crippen LogP contribution in [0.4, 0.5) is 5.69 Å². The molecule has 1 N–H and O–H groups in total. The van der Waals surface area contributed by atoms with Gasteiger partial charge in [0.15, 0.2) is 0 Å². The molecule has 0 spiro atoms. The fraction of sp³-hybridized carbons (Fsp3) is 0.188. The standard InChI is InChI=1S/C16H18N2O4S/c1-22-15-10-6-3-7-12(15)11-17-16(19)13-8-4-5-9-14(13)18-23(2,20)21/h3-10,18H,11H2,1-2H3,(H,17,19)/p-1. The van der Waals surface area contributed by atoms with Crippen molar-refractivity contribution in [1.29, 1.82) is 0 Å². The Balaban J connectivity index is 2.28. The topological polar surface area (TPSA) is 90.8 Å². The van der Waals surface area contributed by atoms with Gasteiger partial charge in [-0.2, -0.15) is 0 Å². The van der Waals surface area contributed by atoms with E-state index in [-0.39, 0.29) is 17.8 Å². The van der Waals surface area contributed by atoms with Gasteiger partial charge in [0, 0.05) is 11.1 Å². The Morgan fingerprint density at radius 1 is 1.17 bits per heavy atom. The van der Waals surface area contributed by atoms with Gasteiger partial charge in [0.1, 0.15) is 5.75 Å². The largest absolute Gasteiger partial charge is 0.858 e. The minimum Gasteiger partial charge on any atom is -0.858 e. The number of ether oxygens (including phenoxy) is 1. The highest BCUT2D eigenvalue weighted by molar-refractivity contribution is 7.92. The molecule has 0 aromatic heterocycles. The molecule has 0 atom stereocenters. The van der Waals surface area contributed by atoms with E-state index in [4.69, 9.17) is 4.74 Å². The molecule has 0 amide bonds. The average Bonchev–Trinajstić information content (AvgIpc) is 2.52. The number of hydrogen-bond donors (Lipinski definition) is 1. The number of para-hydroxylation sites is 2. The molecule has 0 aliphatic heterocycles. The molecule has 0 radical (unpaired) electrons. The van der Waals surface area contributed by atoms with Crippen molar-refractivity contribution >= 4 is 21.6 Å². The molecule has 0 fully saturated rings. The predicted octanol–water partition coefficient (Wildman–Crippen LogP) is 1.37. The van der Waals surface area contributed by atoms with Crippen molar-refractivity contribution < 1.29 is 18.3 Å². The Hall–Kier alpha value is -2.54. The van der Waals surface area contributed by atoms with E-state index in [1.54, 1.807) is 25.3 Å². The first-order valence-corrected chi connectivity index (χ1v) is 8.70. The van der Waals surface area contributed by atoms with E-state index < -0.39 is 15.9 Å². The SMILES string of the molecule is COc1ccccc1CN=C([O-])c1ccccc1NS(C)(=O)=O. The third-order valence-electron chi connectivity index (χ3n) is 3.04. The van der Waals surface area contributed by atoms with Gasteiger partial charge in [-0.25, -0.2) is 8.42 Å². The molecule has 0 saturated heterocycles. The van der Waals surface area contributed by atoms with Crippen molar-refractivity contribution in [1.82, 2.24) is 0 Å². The van der Waals surface area contributed by atoms with Crippen LogP contribution >= 0.6 is 0 Å². The molecule has 23 heavy (non-hydrogen) atoms. The smallest absolute Gasteiger partial charge is 0.229 e. The van der Waals surface area contributed by atoms with Crippen molar-refractivity contribution in [2.75, 3.05) is 18.1 Å². The number of aliphatic imine (C=N–C) groups is 1. The third kappa shape index (κ3) is 4.72. The minimum atomic E-state index is -3.47. The maximum absolute atomic E-state index is 12.3. The summed E-state index contributed by atoms with van der Waals surface area (Å²) in [6.07, 6.45) is 1.03. The van der Waals surface area contributed by atoms with E-state index in [2.05, 4.69) is 9.71 Å². The van der Waals surface area contributed by atoms with Gasteiger partial charge in [0.05, 0.1) is 25.6 Å². The molecule has 7 heteroatoms. The lowest BCUT2D eigenvalue weighted by Gasteiger charge is -2.16. The van der Waals surface area contributed by atoms with Gasteiger partial charge in [-0.1, -0.05) is 36.4 Å². The minimum absolute atomic E-state index is 0.149. The Morgan fingerprint density at radius 3 is 2.52 bits per heavy atom. The fourth-order valence-corrected chi connectivity index (χ4v) is 2.61. The van der Waals surface area contributed by atoms with Crippen LogP contribution in [0.2, 0.25) is 0 Å². The molecule has 0 heterocycles. The molecule has 2 rings (SSSR count). The molecule has 2 aromatic rings. The zero-order valence-electron chi connectivity index (χ0n) is 12.8. The second-order valence-corrected chi connectivity index (χ2v) is 6.60. The molecule has 2 aromatic carbocycles. The zero-order chi connectivity index (χ0) is 16.9. The highest BCUT2D eigenvalue weighted by Crippen LogP contribution is 2.19. The molecule has 0 unspecified atom stereocenters. The van der Waals surface area contributed by atoms with Crippen LogP contribution in [0.25, 0.3) is 0 Å². The normalized spacial score (nSPS) is 12.0.